The molecule has 0 saturated carbocycles. The Labute approximate surface area is 99.7 Å². The van der Waals surface area contributed by atoms with Gasteiger partial charge in [0.25, 0.3) is 5.91 Å². The quantitative estimate of drug-likeness (QED) is 0.495. The van der Waals surface area contributed by atoms with E-state index in [0.717, 1.165) is 10.8 Å². The van der Waals surface area contributed by atoms with Crippen LogP contribution in [0.3, 0.4) is 0 Å². The summed E-state index contributed by atoms with van der Waals surface area (Å²) in [6, 6.07) is 13.3. The minimum atomic E-state index is -0.247. The number of nitrogens with one attached hydrogen (secondary N) is 1. The Hall–Kier alpha value is -2.13. The molecule has 0 aliphatic rings. The molecule has 1 N–H and O–H groups in total. The maximum Gasteiger partial charge on any atom is 0.275 e. The normalized spacial score (nSPS) is 10.1. The Morgan fingerprint density at radius 3 is 2.82 bits per heavy atom. The molecule has 0 aliphatic carbocycles. The molecule has 1 amide bonds. The van der Waals surface area contributed by atoms with Crippen molar-refractivity contribution in [2.75, 3.05) is 6.61 Å². The van der Waals surface area contributed by atoms with Gasteiger partial charge in [-0.05, 0) is 16.8 Å². The van der Waals surface area contributed by atoms with E-state index in [-0.39, 0.29) is 12.5 Å². The number of carbonyl (C=O) groups excluding carboxylic acids is 1. The summed E-state index contributed by atoms with van der Waals surface area (Å²) in [5.41, 5.74) is 2.99. The van der Waals surface area contributed by atoms with E-state index in [9.17, 15) is 4.79 Å². The van der Waals surface area contributed by atoms with Gasteiger partial charge in [0.1, 0.15) is 0 Å². The Kier molecular flexibility index (Phi) is 3.52. The average molecular weight is 227 g/mol. The topological polar surface area (TPSA) is 38.3 Å². The predicted molar refractivity (Wildman–Crippen MR) is 67.6 cm³/mol. The minimum absolute atomic E-state index is 0.247. The molecule has 0 aromatic heterocycles. The molecule has 0 spiro atoms. The Morgan fingerprint density at radius 1 is 1.24 bits per heavy atom. The lowest BCUT2D eigenvalue weighted by Gasteiger charge is -2.06. The van der Waals surface area contributed by atoms with Crippen LogP contribution in [-0.4, -0.2) is 12.5 Å². The molecule has 0 radical (unpaired) electrons. The first-order valence-electron chi connectivity index (χ1n) is 5.33. The van der Waals surface area contributed by atoms with Crippen LogP contribution in [-0.2, 0) is 4.84 Å². The number of amides is 1. The number of carbonyl (C=O) groups is 1. The molecular weight excluding hydrogens is 214 g/mol. The van der Waals surface area contributed by atoms with Gasteiger partial charge < -0.3 is 0 Å². The zero-order valence-corrected chi connectivity index (χ0v) is 9.35. The van der Waals surface area contributed by atoms with E-state index >= 15 is 0 Å². The Morgan fingerprint density at radius 2 is 2.00 bits per heavy atom. The first-order valence-corrected chi connectivity index (χ1v) is 5.33. The van der Waals surface area contributed by atoms with Crippen LogP contribution < -0.4 is 5.48 Å². The second-order valence-corrected chi connectivity index (χ2v) is 3.56. The number of benzene rings is 2. The first-order chi connectivity index (χ1) is 8.33. The van der Waals surface area contributed by atoms with Gasteiger partial charge in [0, 0.05) is 5.56 Å². The lowest BCUT2D eigenvalue weighted by atomic mass is 10.0. The van der Waals surface area contributed by atoms with Crippen molar-refractivity contribution in [3.63, 3.8) is 0 Å². The largest absolute Gasteiger partial charge is 0.275 e. The highest BCUT2D eigenvalue weighted by Crippen LogP contribution is 2.18. The van der Waals surface area contributed by atoms with Gasteiger partial charge in [-0.25, -0.2) is 5.48 Å². The third kappa shape index (κ3) is 2.52. The van der Waals surface area contributed by atoms with Gasteiger partial charge in [-0.1, -0.05) is 42.5 Å². The maximum atomic E-state index is 11.9. The molecule has 0 aliphatic heterocycles. The summed E-state index contributed by atoms with van der Waals surface area (Å²) < 4.78 is 0. The van der Waals surface area contributed by atoms with Crippen LogP contribution in [0.15, 0.2) is 55.1 Å². The van der Waals surface area contributed by atoms with Crippen LogP contribution in [0.2, 0.25) is 0 Å². The zero-order valence-electron chi connectivity index (χ0n) is 9.35. The molecule has 0 bridgehead atoms. The van der Waals surface area contributed by atoms with Crippen molar-refractivity contribution in [3.05, 3.63) is 60.7 Å². The fourth-order valence-electron chi connectivity index (χ4n) is 1.64. The highest BCUT2D eigenvalue weighted by molar-refractivity contribution is 6.06. The number of hydroxylamine groups is 1. The van der Waals surface area contributed by atoms with Gasteiger partial charge in [-0.15, -0.1) is 6.58 Å². The van der Waals surface area contributed by atoms with Gasteiger partial charge in [0.2, 0.25) is 0 Å². The SMILES string of the molecule is C=CCONC(=O)c1cccc2ccccc12. The van der Waals surface area contributed by atoms with Crippen molar-refractivity contribution >= 4 is 16.7 Å². The highest BCUT2D eigenvalue weighted by atomic mass is 16.6. The van der Waals surface area contributed by atoms with Gasteiger partial charge in [0.15, 0.2) is 0 Å². The van der Waals surface area contributed by atoms with Crippen molar-refractivity contribution in [3.8, 4) is 0 Å². The van der Waals surface area contributed by atoms with Crippen LogP contribution in [0.25, 0.3) is 10.8 Å². The van der Waals surface area contributed by atoms with E-state index in [1.165, 1.54) is 0 Å². The van der Waals surface area contributed by atoms with E-state index in [1.807, 2.05) is 36.4 Å². The molecule has 0 saturated heterocycles. The van der Waals surface area contributed by atoms with E-state index in [4.69, 9.17) is 4.84 Å². The second-order valence-electron chi connectivity index (χ2n) is 3.56. The minimum Gasteiger partial charge on any atom is -0.269 e. The summed E-state index contributed by atoms with van der Waals surface area (Å²) in [6.07, 6.45) is 1.57. The van der Waals surface area contributed by atoms with E-state index in [1.54, 1.807) is 12.1 Å². The van der Waals surface area contributed by atoms with Crippen LogP contribution in [0.1, 0.15) is 10.4 Å². The third-order valence-corrected chi connectivity index (χ3v) is 2.40. The fourth-order valence-corrected chi connectivity index (χ4v) is 1.64. The summed E-state index contributed by atoms with van der Waals surface area (Å²) in [7, 11) is 0. The molecule has 17 heavy (non-hydrogen) atoms. The first kappa shape index (κ1) is 11.4. The van der Waals surface area contributed by atoms with E-state index < -0.39 is 0 Å². The molecule has 2 aromatic carbocycles. The van der Waals surface area contributed by atoms with Crippen LogP contribution in [0.5, 0.6) is 0 Å². The number of hydrogen-bond donors (Lipinski definition) is 1. The number of fused-ring (bicyclic) bond motifs is 1. The predicted octanol–water partition coefficient (Wildman–Crippen LogP) is 2.69. The summed E-state index contributed by atoms with van der Waals surface area (Å²) >= 11 is 0. The molecule has 0 heterocycles. The van der Waals surface area contributed by atoms with Crippen molar-refractivity contribution in [1.29, 1.82) is 0 Å². The lowest BCUT2D eigenvalue weighted by Crippen LogP contribution is -2.23. The molecular formula is C14H13NO2. The van der Waals surface area contributed by atoms with Crippen LogP contribution in [0.4, 0.5) is 0 Å². The molecule has 0 atom stereocenters. The second kappa shape index (κ2) is 5.27. The van der Waals surface area contributed by atoms with Gasteiger partial charge in [-0.3, -0.25) is 9.63 Å². The van der Waals surface area contributed by atoms with Crippen molar-refractivity contribution in [2.24, 2.45) is 0 Å². The molecule has 86 valence electrons. The highest BCUT2D eigenvalue weighted by Gasteiger charge is 2.08. The van der Waals surface area contributed by atoms with Crippen LogP contribution in [0, 0.1) is 0 Å². The average Bonchev–Trinajstić information content (AvgIpc) is 2.38. The number of hydrogen-bond acceptors (Lipinski definition) is 2. The molecule has 0 unspecified atom stereocenters. The molecule has 3 nitrogen and oxygen atoms in total. The maximum absolute atomic E-state index is 11.9. The molecule has 3 heteroatoms. The lowest BCUT2D eigenvalue weighted by molar-refractivity contribution is 0.0423. The van der Waals surface area contributed by atoms with Gasteiger partial charge in [-0.2, -0.15) is 0 Å². The van der Waals surface area contributed by atoms with E-state index in [2.05, 4.69) is 12.1 Å². The summed E-state index contributed by atoms with van der Waals surface area (Å²) in [5.74, 6) is -0.247. The van der Waals surface area contributed by atoms with Crippen molar-refractivity contribution < 1.29 is 9.63 Å². The molecule has 0 fully saturated rings. The van der Waals surface area contributed by atoms with Crippen LogP contribution >= 0.6 is 0 Å². The standard InChI is InChI=1S/C14H13NO2/c1-2-10-17-15-14(16)13-9-5-7-11-6-3-4-8-12(11)13/h2-9H,1,10H2,(H,15,16). The van der Waals surface area contributed by atoms with Crippen molar-refractivity contribution in [2.45, 2.75) is 0 Å². The summed E-state index contributed by atoms with van der Waals surface area (Å²) in [5, 5.41) is 1.94. The molecule has 2 aromatic rings. The van der Waals surface area contributed by atoms with Gasteiger partial charge in [0.05, 0.1) is 6.61 Å². The number of rotatable bonds is 4. The monoisotopic (exact) mass is 227 g/mol. The van der Waals surface area contributed by atoms with Gasteiger partial charge >= 0.3 is 0 Å². The Bertz CT molecular complexity index is 543. The smallest absolute Gasteiger partial charge is 0.269 e. The zero-order chi connectivity index (χ0) is 12.1. The van der Waals surface area contributed by atoms with E-state index in [0.29, 0.717) is 5.56 Å². The Balaban J connectivity index is 2.28. The molecule has 2 rings (SSSR count). The fraction of sp³-hybridized carbons (Fsp3) is 0.0714. The summed E-state index contributed by atoms with van der Waals surface area (Å²) in [6.45, 7) is 3.79. The summed E-state index contributed by atoms with van der Waals surface area (Å²) in [4.78, 5) is 16.8. The third-order valence-electron chi connectivity index (χ3n) is 2.40. The van der Waals surface area contributed by atoms with Crippen molar-refractivity contribution in [1.82, 2.24) is 5.48 Å².